The number of benzene rings is 2. The Balaban J connectivity index is 0.000000464. The lowest BCUT2D eigenvalue weighted by Gasteiger charge is -2.20. The van der Waals surface area contributed by atoms with Crippen LogP contribution in [0.2, 0.25) is 0 Å². The molecule has 2 aromatic rings. The first-order chi connectivity index (χ1) is 11.6. The molecule has 0 aliphatic rings. The van der Waals surface area contributed by atoms with Crippen molar-refractivity contribution >= 4 is 0 Å². The Morgan fingerprint density at radius 1 is 0.846 bits per heavy atom. The summed E-state index contributed by atoms with van der Waals surface area (Å²) < 4.78 is 10.0. The van der Waals surface area contributed by atoms with E-state index in [2.05, 4.69) is 0 Å². The van der Waals surface area contributed by atoms with Gasteiger partial charge in [-0.05, 0) is 37.1 Å². The fraction of sp³-hybridized carbons (Fsp3) is 0.400. The molecular weight excluding hydrogens is 336 g/mol. The first-order valence-electron chi connectivity index (χ1n) is 7.80. The van der Waals surface area contributed by atoms with E-state index < -0.39 is 5.79 Å². The Bertz CT molecular complexity index is 689. The molecule has 0 aromatic heterocycles. The van der Waals surface area contributed by atoms with E-state index in [1.807, 2.05) is 19.9 Å². The summed E-state index contributed by atoms with van der Waals surface area (Å²) in [5.74, 6) is -0.716. The number of hydrogen-bond donors (Lipinski definition) is 4. The minimum atomic E-state index is -2.10. The highest BCUT2D eigenvalue weighted by atomic mass is 16.5. The van der Waals surface area contributed by atoms with E-state index in [1.165, 1.54) is 13.2 Å². The molecule has 0 aliphatic heterocycles. The smallest absolute Gasteiger partial charge is 0.194 e. The third-order valence-corrected chi connectivity index (χ3v) is 3.54. The van der Waals surface area contributed by atoms with Gasteiger partial charge in [-0.25, -0.2) is 0 Å². The molecular formula is C20H30O6. The molecule has 0 saturated carbocycles. The standard InChI is InChI=1S/C10H14O2.C9H12O4.CH4/c1-7(2)10-8(11)5-4-6-9(10)12-3;1-9(11,12)8-6(10)4-3-5-7(8)13-2;/h4-7,11H,1-3H3;3-5,10-12H,1-2H3;1H4. The SMILES string of the molecule is C.COc1cccc(O)c1C(C)(O)O.COc1cccc(O)c1C(C)C. The minimum absolute atomic E-state index is 0. The second-order valence-corrected chi connectivity index (χ2v) is 5.92. The molecule has 0 atom stereocenters. The Labute approximate surface area is 155 Å². The molecule has 146 valence electrons. The van der Waals surface area contributed by atoms with Gasteiger partial charge >= 0.3 is 0 Å². The molecule has 26 heavy (non-hydrogen) atoms. The fourth-order valence-corrected chi connectivity index (χ4v) is 2.46. The van der Waals surface area contributed by atoms with Crippen LogP contribution in [-0.2, 0) is 5.79 Å². The molecule has 0 spiro atoms. The topological polar surface area (TPSA) is 99.4 Å². The van der Waals surface area contributed by atoms with Gasteiger partial charge in [0.1, 0.15) is 23.0 Å². The van der Waals surface area contributed by atoms with Crippen LogP contribution in [0, 0.1) is 0 Å². The summed E-state index contributed by atoms with van der Waals surface area (Å²) in [7, 11) is 3.00. The van der Waals surface area contributed by atoms with Gasteiger partial charge in [-0.15, -0.1) is 0 Å². The highest BCUT2D eigenvalue weighted by Gasteiger charge is 2.26. The molecule has 2 aromatic carbocycles. The fourth-order valence-electron chi connectivity index (χ4n) is 2.46. The molecule has 0 radical (unpaired) electrons. The maximum Gasteiger partial charge on any atom is 0.194 e. The molecule has 0 fully saturated rings. The van der Waals surface area contributed by atoms with Crippen LogP contribution in [0.25, 0.3) is 0 Å². The summed E-state index contributed by atoms with van der Waals surface area (Å²) >= 11 is 0. The van der Waals surface area contributed by atoms with Crippen molar-refractivity contribution in [2.24, 2.45) is 0 Å². The Kier molecular flexibility index (Phi) is 8.96. The second-order valence-electron chi connectivity index (χ2n) is 5.92. The number of aromatic hydroxyl groups is 2. The molecule has 0 aliphatic carbocycles. The highest BCUT2D eigenvalue weighted by Crippen LogP contribution is 2.35. The summed E-state index contributed by atoms with van der Waals surface area (Å²) in [5.41, 5.74) is 0.845. The number of aliphatic hydroxyl groups is 2. The van der Waals surface area contributed by atoms with Crippen molar-refractivity contribution < 1.29 is 29.9 Å². The van der Waals surface area contributed by atoms with Crippen molar-refractivity contribution in [1.29, 1.82) is 0 Å². The van der Waals surface area contributed by atoms with Crippen LogP contribution in [-0.4, -0.2) is 34.6 Å². The van der Waals surface area contributed by atoms with Gasteiger partial charge in [0, 0.05) is 5.56 Å². The summed E-state index contributed by atoms with van der Waals surface area (Å²) in [6.45, 7) is 5.21. The largest absolute Gasteiger partial charge is 0.508 e. The average molecular weight is 366 g/mol. The van der Waals surface area contributed by atoms with Crippen LogP contribution in [0.4, 0.5) is 0 Å². The van der Waals surface area contributed by atoms with E-state index in [0.29, 0.717) is 5.75 Å². The predicted octanol–water partition coefficient (Wildman–Crippen LogP) is 3.72. The van der Waals surface area contributed by atoms with E-state index in [0.717, 1.165) is 18.2 Å². The van der Waals surface area contributed by atoms with Crippen molar-refractivity contribution in [2.45, 2.75) is 39.9 Å². The van der Waals surface area contributed by atoms with Crippen molar-refractivity contribution in [1.82, 2.24) is 0 Å². The number of phenols is 2. The van der Waals surface area contributed by atoms with Crippen LogP contribution >= 0.6 is 0 Å². The molecule has 2 rings (SSSR count). The maximum absolute atomic E-state index is 9.51. The van der Waals surface area contributed by atoms with Gasteiger partial charge in [-0.2, -0.15) is 0 Å². The normalized spacial score (nSPS) is 10.5. The van der Waals surface area contributed by atoms with Crippen LogP contribution in [0.1, 0.15) is 45.2 Å². The van der Waals surface area contributed by atoms with Gasteiger partial charge in [0.25, 0.3) is 0 Å². The Hall–Kier alpha value is -2.44. The van der Waals surface area contributed by atoms with Gasteiger partial charge in [0.2, 0.25) is 0 Å². The zero-order chi connectivity index (χ0) is 19.2. The highest BCUT2D eigenvalue weighted by molar-refractivity contribution is 5.46. The average Bonchev–Trinajstić information content (AvgIpc) is 2.53. The third kappa shape index (κ3) is 5.82. The quantitative estimate of drug-likeness (QED) is 0.616. The summed E-state index contributed by atoms with van der Waals surface area (Å²) in [4.78, 5) is 0. The monoisotopic (exact) mass is 366 g/mol. The molecule has 6 nitrogen and oxygen atoms in total. The van der Waals surface area contributed by atoms with E-state index in [9.17, 15) is 20.4 Å². The number of hydrogen-bond acceptors (Lipinski definition) is 6. The van der Waals surface area contributed by atoms with Gasteiger partial charge < -0.3 is 29.9 Å². The van der Waals surface area contributed by atoms with E-state index in [-0.39, 0.29) is 30.4 Å². The van der Waals surface area contributed by atoms with Crippen molar-refractivity contribution in [3.63, 3.8) is 0 Å². The summed E-state index contributed by atoms with van der Waals surface area (Å²) in [6.07, 6.45) is 0. The van der Waals surface area contributed by atoms with E-state index >= 15 is 0 Å². The van der Waals surface area contributed by atoms with E-state index in [1.54, 1.807) is 31.4 Å². The second kappa shape index (κ2) is 9.89. The van der Waals surface area contributed by atoms with Crippen LogP contribution in [0.3, 0.4) is 0 Å². The lowest BCUT2D eigenvalue weighted by atomic mass is 10.0. The molecule has 6 heteroatoms. The van der Waals surface area contributed by atoms with Crippen molar-refractivity contribution in [2.75, 3.05) is 14.2 Å². The molecule has 0 heterocycles. The first-order valence-corrected chi connectivity index (χ1v) is 7.80. The number of phenolic OH excluding ortho intramolecular Hbond substituents is 2. The lowest BCUT2D eigenvalue weighted by molar-refractivity contribution is -0.154. The van der Waals surface area contributed by atoms with Crippen molar-refractivity contribution in [3.05, 3.63) is 47.5 Å². The maximum atomic E-state index is 9.51. The first kappa shape index (κ1) is 23.6. The van der Waals surface area contributed by atoms with Gasteiger partial charge in [-0.3, -0.25) is 0 Å². The summed E-state index contributed by atoms with van der Waals surface area (Å²) in [5, 5.41) is 37.5. The molecule has 0 saturated heterocycles. The molecule has 0 unspecified atom stereocenters. The zero-order valence-corrected chi connectivity index (χ0v) is 15.1. The van der Waals surface area contributed by atoms with Gasteiger partial charge in [-0.1, -0.05) is 33.4 Å². The molecule has 4 N–H and O–H groups in total. The molecule has 0 amide bonds. The van der Waals surface area contributed by atoms with E-state index in [4.69, 9.17) is 9.47 Å². The number of methoxy groups -OCH3 is 2. The van der Waals surface area contributed by atoms with Crippen LogP contribution < -0.4 is 9.47 Å². The predicted molar refractivity (Wildman–Crippen MR) is 102 cm³/mol. The molecule has 0 bridgehead atoms. The van der Waals surface area contributed by atoms with Crippen LogP contribution in [0.15, 0.2) is 36.4 Å². The van der Waals surface area contributed by atoms with Crippen LogP contribution in [0.5, 0.6) is 23.0 Å². The lowest BCUT2D eigenvalue weighted by Crippen LogP contribution is -2.20. The Morgan fingerprint density at radius 3 is 1.65 bits per heavy atom. The van der Waals surface area contributed by atoms with Gasteiger partial charge in [0.15, 0.2) is 5.79 Å². The van der Waals surface area contributed by atoms with Gasteiger partial charge in [0.05, 0.1) is 19.8 Å². The van der Waals surface area contributed by atoms with Crippen molar-refractivity contribution in [3.8, 4) is 23.0 Å². The number of ether oxygens (including phenoxy) is 2. The Morgan fingerprint density at radius 2 is 1.31 bits per heavy atom. The summed E-state index contributed by atoms with van der Waals surface area (Å²) in [6, 6.07) is 9.78. The third-order valence-electron chi connectivity index (χ3n) is 3.54. The number of rotatable bonds is 4. The zero-order valence-electron chi connectivity index (χ0n) is 15.1. The minimum Gasteiger partial charge on any atom is -0.508 e.